The van der Waals surface area contributed by atoms with Crippen LogP contribution in [0.1, 0.15) is 28.8 Å². The monoisotopic (exact) mass is 413 g/mol. The van der Waals surface area contributed by atoms with E-state index in [0.717, 1.165) is 11.3 Å². The molecule has 3 aromatic rings. The summed E-state index contributed by atoms with van der Waals surface area (Å²) in [6.07, 6.45) is 4.88. The highest BCUT2D eigenvalue weighted by Gasteiger charge is 2.35. The Morgan fingerprint density at radius 1 is 1.21 bits per heavy atom. The number of ether oxygens (including phenoxy) is 1. The predicted octanol–water partition coefficient (Wildman–Crippen LogP) is 4.14. The van der Waals surface area contributed by atoms with Crippen molar-refractivity contribution in [1.29, 1.82) is 0 Å². The van der Waals surface area contributed by atoms with Crippen LogP contribution in [0.4, 0.5) is 4.39 Å². The highest BCUT2D eigenvalue weighted by Crippen LogP contribution is 2.35. The van der Waals surface area contributed by atoms with Gasteiger partial charge in [-0.05, 0) is 54.8 Å². The van der Waals surface area contributed by atoms with Gasteiger partial charge in [-0.3, -0.25) is 4.79 Å². The minimum Gasteiger partial charge on any atom is -0.381 e. The Balaban J connectivity index is 1.57. The molecule has 1 fully saturated rings. The van der Waals surface area contributed by atoms with Crippen LogP contribution in [0.25, 0.3) is 5.69 Å². The van der Waals surface area contributed by atoms with Gasteiger partial charge in [-0.15, -0.1) is 0 Å². The summed E-state index contributed by atoms with van der Waals surface area (Å²) in [6.45, 7) is 1.52. The number of amides is 1. The number of halogens is 2. The van der Waals surface area contributed by atoms with Crippen LogP contribution in [-0.4, -0.2) is 35.4 Å². The second-order valence-corrected chi connectivity index (χ2v) is 7.61. The minimum atomic E-state index is -0.373. The summed E-state index contributed by atoms with van der Waals surface area (Å²) in [4.78, 5) is 12.9. The molecular weight excluding hydrogens is 393 g/mol. The third-order valence-electron chi connectivity index (χ3n) is 5.44. The van der Waals surface area contributed by atoms with Gasteiger partial charge in [0.05, 0.1) is 16.3 Å². The zero-order valence-electron chi connectivity index (χ0n) is 15.8. The maximum atomic E-state index is 13.8. The van der Waals surface area contributed by atoms with Crippen molar-refractivity contribution >= 4 is 17.5 Å². The van der Waals surface area contributed by atoms with E-state index in [1.165, 1.54) is 6.07 Å². The zero-order chi connectivity index (χ0) is 20.3. The summed E-state index contributed by atoms with van der Waals surface area (Å²) < 4.78 is 21.0. The molecule has 0 bridgehead atoms. The lowest BCUT2D eigenvalue weighted by Gasteiger charge is -2.38. The number of carbonyl (C=O) groups is 1. The van der Waals surface area contributed by atoms with Gasteiger partial charge in [-0.1, -0.05) is 23.7 Å². The van der Waals surface area contributed by atoms with Gasteiger partial charge in [-0.2, -0.15) is 5.10 Å². The quantitative estimate of drug-likeness (QED) is 0.683. The van der Waals surface area contributed by atoms with Gasteiger partial charge in [0, 0.05) is 37.6 Å². The molecule has 29 heavy (non-hydrogen) atoms. The Kier molecular flexibility index (Phi) is 5.65. The molecule has 2 heterocycles. The number of rotatable bonds is 5. The van der Waals surface area contributed by atoms with Crippen molar-refractivity contribution in [2.24, 2.45) is 0 Å². The number of aromatic nitrogens is 2. The van der Waals surface area contributed by atoms with Crippen molar-refractivity contribution < 1.29 is 13.9 Å². The van der Waals surface area contributed by atoms with Crippen molar-refractivity contribution in [2.75, 3.05) is 19.8 Å². The van der Waals surface area contributed by atoms with Gasteiger partial charge in [0.2, 0.25) is 0 Å². The number of nitrogens with zero attached hydrogens (tertiary/aromatic N) is 2. The van der Waals surface area contributed by atoms with Gasteiger partial charge in [0.25, 0.3) is 5.91 Å². The molecule has 2 aromatic carbocycles. The van der Waals surface area contributed by atoms with Gasteiger partial charge < -0.3 is 10.1 Å². The Morgan fingerprint density at radius 2 is 2.03 bits per heavy atom. The lowest BCUT2D eigenvalue weighted by Crippen LogP contribution is -2.44. The first-order chi connectivity index (χ1) is 14.1. The average Bonchev–Trinajstić information content (AvgIpc) is 3.28. The molecule has 1 amide bonds. The molecule has 0 aliphatic carbocycles. The van der Waals surface area contributed by atoms with Crippen LogP contribution in [0.15, 0.2) is 60.9 Å². The molecule has 1 aliphatic heterocycles. The van der Waals surface area contributed by atoms with E-state index in [1.54, 1.807) is 47.4 Å². The molecule has 5 nitrogen and oxygen atoms in total. The maximum Gasteiger partial charge on any atom is 0.252 e. The van der Waals surface area contributed by atoms with Crippen LogP contribution in [0.5, 0.6) is 0 Å². The van der Waals surface area contributed by atoms with E-state index in [2.05, 4.69) is 10.4 Å². The third kappa shape index (κ3) is 4.18. The normalized spacial score (nSPS) is 15.8. The summed E-state index contributed by atoms with van der Waals surface area (Å²) in [6, 6.07) is 13.6. The smallest absolute Gasteiger partial charge is 0.252 e. The van der Waals surface area contributed by atoms with Crippen molar-refractivity contribution in [3.8, 4) is 5.69 Å². The van der Waals surface area contributed by atoms with Gasteiger partial charge in [0.1, 0.15) is 5.82 Å². The topological polar surface area (TPSA) is 56.1 Å². The molecule has 1 N–H and O–H groups in total. The third-order valence-corrected chi connectivity index (χ3v) is 5.77. The molecule has 0 radical (unpaired) electrons. The first-order valence-electron chi connectivity index (χ1n) is 9.49. The van der Waals surface area contributed by atoms with Crippen molar-refractivity contribution in [3.05, 3.63) is 82.9 Å². The maximum absolute atomic E-state index is 13.8. The number of carbonyl (C=O) groups excluding carboxylic acids is 1. The summed E-state index contributed by atoms with van der Waals surface area (Å²) in [5.74, 6) is -0.555. The summed E-state index contributed by atoms with van der Waals surface area (Å²) in [7, 11) is 0. The van der Waals surface area contributed by atoms with Crippen molar-refractivity contribution in [2.45, 2.75) is 18.3 Å². The number of benzene rings is 2. The molecule has 7 heteroatoms. The number of hydrogen-bond donors (Lipinski definition) is 1. The second kappa shape index (κ2) is 8.35. The van der Waals surface area contributed by atoms with Gasteiger partial charge in [0.15, 0.2) is 0 Å². The first-order valence-corrected chi connectivity index (χ1v) is 9.87. The fourth-order valence-electron chi connectivity index (χ4n) is 3.74. The van der Waals surface area contributed by atoms with E-state index < -0.39 is 0 Å². The standard InChI is InChI=1S/C22H21ClFN3O2/c23-20-6-5-18(27-10-2-9-26-27)14-19(20)21(28)25-15-22(7-11-29-12-8-22)16-3-1-4-17(24)13-16/h1-6,9-10,13-14H,7-8,11-12,15H2,(H,25,28). The SMILES string of the molecule is O=C(NCC1(c2cccc(F)c2)CCOCC1)c1cc(-n2cccn2)ccc1Cl. The highest BCUT2D eigenvalue weighted by atomic mass is 35.5. The molecule has 1 saturated heterocycles. The Hall–Kier alpha value is -2.70. The molecule has 1 aliphatic rings. The van der Waals surface area contributed by atoms with E-state index >= 15 is 0 Å². The van der Waals surface area contributed by atoms with Gasteiger partial charge in [-0.25, -0.2) is 9.07 Å². The van der Waals surface area contributed by atoms with Crippen LogP contribution in [0.2, 0.25) is 5.02 Å². The van der Waals surface area contributed by atoms with E-state index in [0.29, 0.717) is 43.2 Å². The zero-order valence-corrected chi connectivity index (χ0v) is 16.5. The molecular formula is C22H21ClFN3O2. The Labute approximate surface area is 173 Å². The first kappa shape index (κ1) is 19.6. The molecule has 0 atom stereocenters. The highest BCUT2D eigenvalue weighted by molar-refractivity contribution is 6.33. The summed E-state index contributed by atoms with van der Waals surface area (Å²) in [5.41, 5.74) is 1.62. The summed E-state index contributed by atoms with van der Waals surface area (Å²) >= 11 is 6.29. The number of hydrogen-bond acceptors (Lipinski definition) is 3. The van der Waals surface area contributed by atoms with E-state index in [4.69, 9.17) is 16.3 Å². The van der Waals surface area contributed by atoms with Crippen LogP contribution in [-0.2, 0) is 10.2 Å². The average molecular weight is 414 g/mol. The van der Waals surface area contributed by atoms with Gasteiger partial charge >= 0.3 is 0 Å². The second-order valence-electron chi connectivity index (χ2n) is 7.20. The molecule has 0 saturated carbocycles. The van der Waals surface area contributed by atoms with E-state index in [-0.39, 0.29) is 17.1 Å². The van der Waals surface area contributed by atoms with E-state index in [1.807, 2.05) is 12.1 Å². The lowest BCUT2D eigenvalue weighted by molar-refractivity contribution is 0.0486. The Bertz CT molecular complexity index is 1000. The van der Waals surface area contributed by atoms with Crippen molar-refractivity contribution in [3.63, 3.8) is 0 Å². The fraction of sp³-hybridized carbons (Fsp3) is 0.273. The summed E-state index contributed by atoms with van der Waals surface area (Å²) in [5, 5.41) is 7.56. The molecule has 0 spiro atoms. The predicted molar refractivity (Wildman–Crippen MR) is 109 cm³/mol. The largest absolute Gasteiger partial charge is 0.381 e. The fourth-order valence-corrected chi connectivity index (χ4v) is 3.95. The Morgan fingerprint density at radius 3 is 2.76 bits per heavy atom. The van der Waals surface area contributed by atoms with Crippen molar-refractivity contribution in [1.82, 2.24) is 15.1 Å². The molecule has 4 rings (SSSR count). The van der Waals surface area contributed by atoms with E-state index in [9.17, 15) is 9.18 Å². The van der Waals surface area contributed by atoms with Crippen LogP contribution >= 0.6 is 11.6 Å². The van der Waals surface area contributed by atoms with Crippen LogP contribution in [0, 0.1) is 5.82 Å². The number of nitrogens with one attached hydrogen (secondary N) is 1. The molecule has 150 valence electrons. The lowest BCUT2D eigenvalue weighted by atomic mass is 9.74. The molecule has 1 aromatic heterocycles. The van der Waals surface area contributed by atoms with Crippen LogP contribution in [0.3, 0.4) is 0 Å². The molecule has 0 unspecified atom stereocenters. The van der Waals surface area contributed by atoms with Crippen LogP contribution < -0.4 is 5.32 Å². The minimum absolute atomic E-state index is 0.272.